The van der Waals surface area contributed by atoms with Gasteiger partial charge in [0.15, 0.2) is 5.78 Å². The molecule has 2 nitrogen and oxygen atoms in total. The van der Waals surface area contributed by atoms with E-state index in [1.54, 1.807) is 6.92 Å². The van der Waals surface area contributed by atoms with Crippen molar-refractivity contribution in [1.82, 2.24) is 4.90 Å². The van der Waals surface area contributed by atoms with Crippen LogP contribution in [0.3, 0.4) is 0 Å². The Morgan fingerprint density at radius 1 is 1.12 bits per heavy atom. The van der Waals surface area contributed by atoms with Crippen LogP contribution in [0.1, 0.15) is 42.1 Å². The summed E-state index contributed by atoms with van der Waals surface area (Å²) in [4.78, 5) is 14.3. The van der Waals surface area contributed by atoms with Crippen molar-refractivity contribution in [3.63, 3.8) is 0 Å². The van der Waals surface area contributed by atoms with Crippen molar-refractivity contribution < 1.29 is 4.79 Å². The van der Waals surface area contributed by atoms with Crippen molar-refractivity contribution in [1.29, 1.82) is 0 Å². The van der Waals surface area contributed by atoms with Crippen LogP contribution in [0, 0.1) is 0 Å². The van der Waals surface area contributed by atoms with Gasteiger partial charge >= 0.3 is 0 Å². The maximum Gasteiger partial charge on any atom is 0.160 e. The maximum atomic E-state index is 11.8. The van der Waals surface area contributed by atoms with Gasteiger partial charge in [-0.3, -0.25) is 4.79 Å². The van der Waals surface area contributed by atoms with E-state index in [4.69, 9.17) is 0 Å². The second kappa shape index (κ2) is 3.95. The van der Waals surface area contributed by atoms with Crippen LogP contribution in [0.4, 0.5) is 0 Å². The second-order valence-corrected chi connectivity index (χ2v) is 5.47. The third kappa shape index (κ3) is 1.71. The minimum absolute atomic E-state index is 0.211. The Balaban J connectivity index is 2.05. The van der Waals surface area contributed by atoms with Gasteiger partial charge in [0.05, 0.1) is 0 Å². The highest BCUT2D eigenvalue weighted by Crippen LogP contribution is 2.44. The first-order chi connectivity index (χ1) is 8.21. The summed E-state index contributed by atoms with van der Waals surface area (Å²) in [6.07, 6.45) is 3.66. The predicted molar refractivity (Wildman–Crippen MR) is 68.4 cm³/mol. The van der Waals surface area contributed by atoms with Gasteiger partial charge in [-0.15, -0.1) is 0 Å². The zero-order valence-electron chi connectivity index (χ0n) is 10.4. The molecule has 17 heavy (non-hydrogen) atoms. The van der Waals surface area contributed by atoms with Crippen LogP contribution in [-0.4, -0.2) is 30.3 Å². The Labute approximate surface area is 103 Å². The summed E-state index contributed by atoms with van der Waals surface area (Å²) in [7, 11) is 0. The van der Waals surface area contributed by atoms with Gasteiger partial charge in [0, 0.05) is 5.56 Å². The van der Waals surface area contributed by atoms with Crippen LogP contribution in [0.5, 0.6) is 0 Å². The quantitative estimate of drug-likeness (QED) is 0.727. The Bertz CT molecular complexity index is 430. The third-order valence-electron chi connectivity index (χ3n) is 4.60. The standard InChI is InChI=1S/C15H19NO/c1-12(17)13-4-2-3-5-14(13)15-6-9-16(10-7-15)11-8-15/h2-5H,6-11H2,1H3. The van der Waals surface area contributed by atoms with Gasteiger partial charge in [0.2, 0.25) is 0 Å². The monoisotopic (exact) mass is 229 g/mol. The summed E-state index contributed by atoms with van der Waals surface area (Å²) in [6, 6.07) is 8.23. The number of Topliss-reactive ketones (excluding diaryl/α,β-unsaturated/α-hetero) is 1. The Morgan fingerprint density at radius 2 is 1.71 bits per heavy atom. The molecule has 0 unspecified atom stereocenters. The highest BCUT2D eigenvalue weighted by atomic mass is 16.1. The number of hydrogen-bond donors (Lipinski definition) is 0. The van der Waals surface area contributed by atoms with E-state index in [2.05, 4.69) is 17.0 Å². The lowest BCUT2D eigenvalue weighted by atomic mass is 9.66. The zero-order valence-corrected chi connectivity index (χ0v) is 10.4. The highest BCUT2D eigenvalue weighted by molar-refractivity contribution is 5.96. The molecule has 2 heteroatoms. The molecule has 0 aliphatic carbocycles. The number of nitrogens with zero attached hydrogens (tertiary/aromatic N) is 1. The van der Waals surface area contributed by atoms with E-state index >= 15 is 0 Å². The van der Waals surface area contributed by atoms with Crippen molar-refractivity contribution in [3.8, 4) is 0 Å². The molecule has 3 fully saturated rings. The molecule has 3 aliphatic rings. The number of rotatable bonds is 2. The average Bonchev–Trinajstić information content (AvgIpc) is 2.41. The first-order valence-electron chi connectivity index (χ1n) is 6.54. The van der Waals surface area contributed by atoms with Crippen LogP contribution in [0.25, 0.3) is 0 Å². The summed E-state index contributed by atoms with van der Waals surface area (Å²) in [5.74, 6) is 0.211. The van der Waals surface area contributed by atoms with Crippen LogP contribution >= 0.6 is 0 Å². The van der Waals surface area contributed by atoms with Crippen molar-refractivity contribution >= 4 is 5.78 Å². The smallest absolute Gasteiger partial charge is 0.160 e. The summed E-state index contributed by atoms with van der Waals surface area (Å²) in [5.41, 5.74) is 2.55. The van der Waals surface area contributed by atoms with Gasteiger partial charge in [-0.05, 0) is 56.8 Å². The topological polar surface area (TPSA) is 20.3 Å². The molecule has 4 rings (SSSR count). The molecule has 3 heterocycles. The van der Waals surface area contributed by atoms with Crippen LogP contribution in [0.15, 0.2) is 24.3 Å². The van der Waals surface area contributed by atoms with Gasteiger partial charge in [-0.2, -0.15) is 0 Å². The Hall–Kier alpha value is -1.15. The van der Waals surface area contributed by atoms with E-state index in [1.807, 2.05) is 12.1 Å². The summed E-state index contributed by atoms with van der Waals surface area (Å²) < 4.78 is 0. The molecule has 0 radical (unpaired) electrons. The lowest BCUT2D eigenvalue weighted by molar-refractivity contribution is 0.0800. The fourth-order valence-corrected chi connectivity index (χ4v) is 3.48. The number of carbonyl (C=O) groups is 1. The molecule has 2 bridgehead atoms. The summed E-state index contributed by atoms with van der Waals surface area (Å²) >= 11 is 0. The lowest BCUT2D eigenvalue weighted by Gasteiger charge is -2.49. The number of hydrogen-bond acceptors (Lipinski definition) is 2. The SMILES string of the molecule is CC(=O)c1ccccc1C12CCN(CC1)CC2. The minimum atomic E-state index is 0.211. The zero-order chi connectivity index (χ0) is 11.9. The van der Waals surface area contributed by atoms with E-state index in [1.165, 1.54) is 44.5 Å². The van der Waals surface area contributed by atoms with Crippen LogP contribution in [0.2, 0.25) is 0 Å². The summed E-state index contributed by atoms with van der Waals surface area (Å²) in [6.45, 7) is 5.29. The molecule has 0 aromatic heterocycles. The molecule has 3 saturated heterocycles. The molecule has 3 aliphatic heterocycles. The van der Waals surface area contributed by atoms with Crippen LogP contribution in [-0.2, 0) is 5.41 Å². The van der Waals surface area contributed by atoms with E-state index in [0.717, 1.165) is 5.56 Å². The summed E-state index contributed by atoms with van der Waals surface area (Å²) in [5, 5.41) is 0. The van der Waals surface area contributed by atoms with Gasteiger partial charge in [0.1, 0.15) is 0 Å². The van der Waals surface area contributed by atoms with E-state index in [9.17, 15) is 4.79 Å². The molecule has 90 valence electrons. The van der Waals surface area contributed by atoms with Gasteiger partial charge < -0.3 is 4.90 Å². The number of carbonyl (C=O) groups excluding carboxylic acids is 1. The van der Waals surface area contributed by atoms with Crippen molar-refractivity contribution in [2.75, 3.05) is 19.6 Å². The van der Waals surface area contributed by atoms with Gasteiger partial charge in [-0.1, -0.05) is 24.3 Å². The second-order valence-electron chi connectivity index (χ2n) is 5.47. The fraction of sp³-hybridized carbons (Fsp3) is 0.533. The largest absolute Gasteiger partial charge is 0.303 e. The van der Waals surface area contributed by atoms with Gasteiger partial charge in [-0.25, -0.2) is 0 Å². The maximum absolute atomic E-state index is 11.8. The van der Waals surface area contributed by atoms with E-state index in [0.29, 0.717) is 0 Å². The first-order valence-corrected chi connectivity index (χ1v) is 6.54. The molecule has 0 saturated carbocycles. The van der Waals surface area contributed by atoms with E-state index in [-0.39, 0.29) is 11.2 Å². The van der Waals surface area contributed by atoms with Crippen LogP contribution < -0.4 is 0 Å². The number of ketones is 1. The normalized spacial score (nSPS) is 31.5. The molecule has 0 amide bonds. The first kappa shape index (κ1) is 11.0. The molecule has 0 atom stereocenters. The fourth-order valence-electron chi connectivity index (χ4n) is 3.48. The number of benzene rings is 1. The predicted octanol–water partition coefficient (Wildman–Crippen LogP) is 2.63. The molecule has 1 aromatic rings. The Kier molecular flexibility index (Phi) is 2.55. The molecular formula is C15H19NO. The van der Waals surface area contributed by atoms with E-state index < -0.39 is 0 Å². The molecular weight excluding hydrogens is 210 g/mol. The van der Waals surface area contributed by atoms with Crippen molar-refractivity contribution in [2.24, 2.45) is 0 Å². The molecule has 0 N–H and O–H groups in total. The highest BCUT2D eigenvalue weighted by Gasteiger charge is 2.41. The third-order valence-corrected chi connectivity index (χ3v) is 4.60. The minimum Gasteiger partial charge on any atom is -0.303 e. The number of fused-ring (bicyclic) bond motifs is 3. The average molecular weight is 229 g/mol. The lowest BCUT2D eigenvalue weighted by Crippen LogP contribution is -2.50. The van der Waals surface area contributed by atoms with Gasteiger partial charge in [0.25, 0.3) is 0 Å². The Morgan fingerprint density at radius 3 is 2.29 bits per heavy atom. The van der Waals surface area contributed by atoms with Crippen molar-refractivity contribution in [2.45, 2.75) is 31.6 Å². The molecule has 0 spiro atoms. The number of piperidine rings is 3. The van der Waals surface area contributed by atoms with Crippen molar-refractivity contribution in [3.05, 3.63) is 35.4 Å². The molecule has 1 aromatic carbocycles.